The zero-order valence-corrected chi connectivity index (χ0v) is 8.75. The smallest absolute Gasteiger partial charge is 0.0464 e. The standard InChI is InChI=1S/C14H13N/c1-10-6-2-3-8-12-11-7-4-5-9-13(11)15-14(10)12/h2-5,7-9,15H,6H2,1H3. The molecule has 1 heterocycles. The Kier molecular flexibility index (Phi) is 1.78. The third-order valence-electron chi connectivity index (χ3n) is 3.00. The van der Waals surface area contributed by atoms with Gasteiger partial charge in [0.2, 0.25) is 0 Å². The number of benzene rings is 1. The molecule has 1 N–H and O–H groups in total. The van der Waals surface area contributed by atoms with Gasteiger partial charge in [-0.05, 0) is 25.0 Å². The van der Waals surface area contributed by atoms with Gasteiger partial charge in [0.05, 0.1) is 0 Å². The molecule has 0 radical (unpaired) electrons. The molecule has 0 atom stereocenters. The first kappa shape index (κ1) is 8.54. The van der Waals surface area contributed by atoms with Crippen molar-refractivity contribution in [1.29, 1.82) is 0 Å². The predicted molar refractivity (Wildman–Crippen MR) is 64.9 cm³/mol. The molecular weight excluding hydrogens is 182 g/mol. The van der Waals surface area contributed by atoms with E-state index in [4.69, 9.17) is 0 Å². The van der Waals surface area contributed by atoms with E-state index >= 15 is 0 Å². The first-order valence-corrected chi connectivity index (χ1v) is 5.29. The molecule has 0 amide bonds. The summed E-state index contributed by atoms with van der Waals surface area (Å²) in [6, 6.07) is 8.47. The van der Waals surface area contributed by atoms with Crippen LogP contribution in [0.4, 0.5) is 0 Å². The van der Waals surface area contributed by atoms with Gasteiger partial charge in [-0.25, -0.2) is 0 Å². The molecule has 0 fully saturated rings. The number of para-hydroxylation sites is 1. The van der Waals surface area contributed by atoms with Crippen molar-refractivity contribution in [3.63, 3.8) is 0 Å². The van der Waals surface area contributed by atoms with Crippen LogP contribution >= 0.6 is 0 Å². The normalized spacial score (nSPS) is 14.9. The molecule has 0 saturated heterocycles. The average Bonchev–Trinajstić information content (AvgIpc) is 2.54. The van der Waals surface area contributed by atoms with E-state index in [1.165, 1.54) is 27.0 Å². The van der Waals surface area contributed by atoms with Crippen molar-refractivity contribution < 1.29 is 0 Å². The number of hydrogen-bond donors (Lipinski definition) is 1. The van der Waals surface area contributed by atoms with Crippen LogP contribution in [-0.4, -0.2) is 4.98 Å². The third kappa shape index (κ3) is 1.23. The Morgan fingerprint density at radius 3 is 3.00 bits per heavy atom. The first-order chi connectivity index (χ1) is 7.36. The minimum absolute atomic E-state index is 1.04. The van der Waals surface area contributed by atoms with Crippen LogP contribution < -0.4 is 10.6 Å². The molecule has 0 saturated carbocycles. The van der Waals surface area contributed by atoms with E-state index in [9.17, 15) is 0 Å². The van der Waals surface area contributed by atoms with Crippen LogP contribution in [0.5, 0.6) is 0 Å². The minimum atomic E-state index is 1.04. The molecule has 0 bridgehead atoms. The molecule has 1 aromatic carbocycles. The van der Waals surface area contributed by atoms with Crippen molar-refractivity contribution in [2.75, 3.05) is 0 Å². The Morgan fingerprint density at radius 1 is 1.20 bits per heavy atom. The van der Waals surface area contributed by atoms with Gasteiger partial charge in [0.15, 0.2) is 0 Å². The largest absolute Gasteiger partial charge is 0.355 e. The summed E-state index contributed by atoms with van der Waals surface area (Å²) in [5, 5.41) is 3.94. The lowest BCUT2D eigenvalue weighted by molar-refractivity contribution is 1.26. The lowest BCUT2D eigenvalue weighted by Gasteiger charge is -1.90. The molecule has 74 valence electrons. The van der Waals surface area contributed by atoms with E-state index in [-0.39, 0.29) is 0 Å². The van der Waals surface area contributed by atoms with Crippen LogP contribution in [0.15, 0.2) is 36.4 Å². The molecule has 0 aliphatic heterocycles. The number of aromatic nitrogens is 1. The second-order valence-electron chi connectivity index (χ2n) is 4.04. The average molecular weight is 195 g/mol. The Labute approximate surface area is 88.4 Å². The molecule has 0 spiro atoms. The van der Waals surface area contributed by atoms with Crippen molar-refractivity contribution in [2.24, 2.45) is 0 Å². The van der Waals surface area contributed by atoms with Gasteiger partial charge < -0.3 is 4.98 Å². The van der Waals surface area contributed by atoms with E-state index in [1.807, 2.05) is 0 Å². The molecule has 1 aliphatic rings. The summed E-state index contributed by atoms with van der Waals surface area (Å²) in [5.74, 6) is 0. The van der Waals surface area contributed by atoms with Gasteiger partial charge in [-0.15, -0.1) is 0 Å². The molecular formula is C14H13N. The van der Waals surface area contributed by atoms with Crippen molar-refractivity contribution in [2.45, 2.75) is 13.3 Å². The SMILES string of the molecule is CC1=c2[nH]c3ccccc3c2=CC=CC1. The number of H-pyrrole nitrogens is 1. The zero-order chi connectivity index (χ0) is 10.3. The second kappa shape index (κ2) is 3.13. The highest BCUT2D eigenvalue weighted by molar-refractivity contribution is 5.82. The number of fused-ring (bicyclic) bond motifs is 3. The summed E-state index contributed by atoms with van der Waals surface area (Å²) >= 11 is 0. The van der Waals surface area contributed by atoms with Crippen molar-refractivity contribution in [3.8, 4) is 0 Å². The molecule has 1 nitrogen and oxygen atoms in total. The van der Waals surface area contributed by atoms with Crippen LogP contribution in [0.25, 0.3) is 22.6 Å². The van der Waals surface area contributed by atoms with Gasteiger partial charge in [0, 0.05) is 21.5 Å². The van der Waals surface area contributed by atoms with E-state index in [0.29, 0.717) is 0 Å². The highest BCUT2D eigenvalue weighted by Gasteiger charge is 2.02. The van der Waals surface area contributed by atoms with Gasteiger partial charge in [0.25, 0.3) is 0 Å². The topological polar surface area (TPSA) is 15.8 Å². The van der Waals surface area contributed by atoms with Crippen LogP contribution in [0.3, 0.4) is 0 Å². The fourth-order valence-electron chi connectivity index (χ4n) is 2.18. The molecule has 3 rings (SSSR count). The number of aromatic amines is 1. The number of nitrogens with one attached hydrogen (secondary N) is 1. The van der Waals surface area contributed by atoms with E-state index in [0.717, 1.165) is 6.42 Å². The van der Waals surface area contributed by atoms with Gasteiger partial charge in [-0.1, -0.05) is 36.4 Å². The van der Waals surface area contributed by atoms with E-state index < -0.39 is 0 Å². The van der Waals surface area contributed by atoms with Crippen LogP contribution in [0, 0.1) is 0 Å². The van der Waals surface area contributed by atoms with Gasteiger partial charge in [0.1, 0.15) is 0 Å². The van der Waals surface area contributed by atoms with Crippen molar-refractivity contribution in [3.05, 3.63) is 47.0 Å². The second-order valence-corrected chi connectivity index (χ2v) is 4.04. The summed E-state index contributed by atoms with van der Waals surface area (Å²) < 4.78 is 0. The highest BCUT2D eigenvalue weighted by Crippen LogP contribution is 2.07. The molecule has 1 heteroatoms. The third-order valence-corrected chi connectivity index (χ3v) is 3.00. The fraction of sp³-hybridized carbons (Fsp3) is 0.143. The number of hydrogen-bond acceptors (Lipinski definition) is 0. The van der Waals surface area contributed by atoms with Crippen molar-refractivity contribution in [1.82, 2.24) is 4.98 Å². The lowest BCUT2D eigenvalue weighted by atomic mass is 10.2. The summed E-state index contributed by atoms with van der Waals surface area (Å²) in [4.78, 5) is 3.50. The molecule has 15 heavy (non-hydrogen) atoms. The predicted octanol–water partition coefficient (Wildman–Crippen LogP) is 2.08. The summed E-state index contributed by atoms with van der Waals surface area (Å²) in [6.45, 7) is 2.19. The molecule has 1 aromatic heterocycles. The quantitative estimate of drug-likeness (QED) is 0.662. The maximum atomic E-state index is 3.50. The number of rotatable bonds is 0. The summed E-state index contributed by atoms with van der Waals surface area (Å²) in [5.41, 5.74) is 2.64. The minimum Gasteiger partial charge on any atom is -0.355 e. The number of allylic oxidation sites excluding steroid dienone is 2. The van der Waals surface area contributed by atoms with Crippen LogP contribution in [0.2, 0.25) is 0 Å². The zero-order valence-electron chi connectivity index (χ0n) is 8.75. The Hall–Kier alpha value is -1.76. The van der Waals surface area contributed by atoms with Gasteiger partial charge in [-0.2, -0.15) is 0 Å². The summed E-state index contributed by atoms with van der Waals surface area (Å²) in [7, 11) is 0. The Morgan fingerprint density at radius 2 is 2.07 bits per heavy atom. The fourth-order valence-corrected chi connectivity index (χ4v) is 2.18. The summed E-state index contributed by atoms with van der Waals surface area (Å²) in [6.07, 6.45) is 7.59. The Balaban J connectivity index is 2.62. The maximum Gasteiger partial charge on any atom is 0.0464 e. The highest BCUT2D eigenvalue weighted by atomic mass is 14.7. The molecule has 0 unspecified atom stereocenters. The van der Waals surface area contributed by atoms with Crippen molar-refractivity contribution >= 4 is 22.6 Å². The first-order valence-electron chi connectivity index (χ1n) is 5.29. The lowest BCUT2D eigenvalue weighted by Crippen LogP contribution is -2.24. The molecule has 2 aromatic rings. The molecule has 1 aliphatic carbocycles. The Bertz CT molecular complexity index is 656. The van der Waals surface area contributed by atoms with E-state index in [1.54, 1.807) is 0 Å². The van der Waals surface area contributed by atoms with Gasteiger partial charge >= 0.3 is 0 Å². The van der Waals surface area contributed by atoms with E-state index in [2.05, 4.69) is 54.4 Å². The van der Waals surface area contributed by atoms with Gasteiger partial charge in [-0.3, -0.25) is 0 Å². The maximum absolute atomic E-state index is 3.50. The van der Waals surface area contributed by atoms with Crippen LogP contribution in [-0.2, 0) is 0 Å². The monoisotopic (exact) mass is 195 g/mol. The van der Waals surface area contributed by atoms with Crippen LogP contribution in [0.1, 0.15) is 13.3 Å².